The number of aromatic hydroxyl groups is 3. The lowest BCUT2D eigenvalue weighted by atomic mass is 9.77. The number of phenolic OH excluding ortho intramolecular Hbond substituents is 3. The van der Waals surface area contributed by atoms with Crippen LogP contribution in [0.5, 0.6) is 17.2 Å². The van der Waals surface area contributed by atoms with E-state index in [1.807, 2.05) is 0 Å². The predicted molar refractivity (Wildman–Crippen MR) is 236 cm³/mol. The van der Waals surface area contributed by atoms with E-state index in [9.17, 15) is 15.3 Å². The topological polar surface area (TPSA) is 60.7 Å². The highest BCUT2D eigenvalue weighted by atomic mass is 16.3. The van der Waals surface area contributed by atoms with Crippen LogP contribution >= 0.6 is 0 Å². The first kappa shape index (κ1) is 44.0. The summed E-state index contributed by atoms with van der Waals surface area (Å²) in [5.41, 5.74) is 13.2. The normalized spacial score (nSPS) is 13.4. The van der Waals surface area contributed by atoms with Gasteiger partial charge in [-0.15, -0.1) is 0 Å². The molecule has 0 bridgehead atoms. The lowest BCUT2D eigenvalue weighted by Gasteiger charge is -2.29. The van der Waals surface area contributed by atoms with Gasteiger partial charge in [0.25, 0.3) is 0 Å². The van der Waals surface area contributed by atoms with Crippen molar-refractivity contribution in [2.45, 2.75) is 183 Å². The number of benzene rings is 4. The van der Waals surface area contributed by atoms with Crippen molar-refractivity contribution in [2.24, 2.45) is 0 Å². The molecule has 0 fully saturated rings. The van der Waals surface area contributed by atoms with Crippen LogP contribution in [0.2, 0.25) is 0 Å². The Morgan fingerprint density at radius 1 is 0.309 bits per heavy atom. The van der Waals surface area contributed by atoms with E-state index < -0.39 is 0 Å². The van der Waals surface area contributed by atoms with Crippen LogP contribution in [-0.2, 0) is 51.8 Å². The molecule has 0 radical (unpaired) electrons. The monoisotopic (exact) mass is 747 g/mol. The summed E-state index contributed by atoms with van der Waals surface area (Å²) in [4.78, 5) is 0. The minimum atomic E-state index is -0.217. The second kappa shape index (κ2) is 14.7. The van der Waals surface area contributed by atoms with Crippen molar-refractivity contribution in [1.82, 2.24) is 0 Å². The number of rotatable bonds is 6. The van der Waals surface area contributed by atoms with Gasteiger partial charge in [-0.1, -0.05) is 173 Å². The number of phenols is 3. The molecule has 0 saturated carbocycles. The van der Waals surface area contributed by atoms with Gasteiger partial charge in [-0.25, -0.2) is 0 Å². The Kier molecular flexibility index (Phi) is 11.7. The fourth-order valence-electron chi connectivity index (χ4n) is 7.88. The zero-order valence-electron chi connectivity index (χ0n) is 38.1. The molecule has 0 amide bonds. The maximum absolute atomic E-state index is 11.5. The van der Waals surface area contributed by atoms with E-state index in [1.54, 1.807) is 0 Å². The third-order valence-corrected chi connectivity index (χ3v) is 11.2. The fourth-order valence-corrected chi connectivity index (χ4v) is 7.88. The molecule has 0 aliphatic carbocycles. The standard InChI is InChI=1S/C52H74O3/c1-31-36(23-34-27-40(49(8,9)10)45(54)41(28-34)50(11,12)13)21-32(20-33-25-38(47(2,3)4)44(53)39(26-33)48(5,6)7)22-37(31)24-35-29-42(51(14,15)16)46(55)43(30-35)52(17,18)19/h21-22,25-30,53-55H,20,23-24H2,1-19H3. The minimum absolute atomic E-state index is 0.216. The highest BCUT2D eigenvalue weighted by Crippen LogP contribution is 2.44. The van der Waals surface area contributed by atoms with Gasteiger partial charge in [0.1, 0.15) is 17.2 Å². The Hall–Kier alpha value is -3.72. The van der Waals surface area contributed by atoms with E-state index in [0.717, 1.165) is 52.6 Å². The van der Waals surface area contributed by atoms with Crippen molar-refractivity contribution in [3.8, 4) is 17.2 Å². The predicted octanol–water partition coefficient (Wildman–Crippen LogP) is 13.7. The maximum Gasteiger partial charge on any atom is 0.123 e. The molecule has 300 valence electrons. The van der Waals surface area contributed by atoms with Gasteiger partial charge < -0.3 is 15.3 Å². The van der Waals surface area contributed by atoms with Crippen molar-refractivity contribution in [3.05, 3.63) is 121 Å². The van der Waals surface area contributed by atoms with Crippen molar-refractivity contribution >= 4 is 0 Å². The van der Waals surface area contributed by atoms with E-state index in [0.29, 0.717) is 17.2 Å². The van der Waals surface area contributed by atoms with E-state index >= 15 is 0 Å². The Bertz CT molecular complexity index is 1840. The Balaban J connectivity index is 2.01. The average Bonchev–Trinajstić information content (AvgIpc) is 2.98. The summed E-state index contributed by atoms with van der Waals surface area (Å²) >= 11 is 0. The fraction of sp³-hybridized carbons (Fsp3) is 0.538. The van der Waals surface area contributed by atoms with Crippen LogP contribution in [0.25, 0.3) is 0 Å². The zero-order valence-corrected chi connectivity index (χ0v) is 38.1. The van der Waals surface area contributed by atoms with Gasteiger partial charge in [-0.3, -0.25) is 0 Å². The molecule has 0 heterocycles. The van der Waals surface area contributed by atoms with Crippen LogP contribution < -0.4 is 0 Å². The lowest BCUT2D eigenvalue weighted by Crippen LogP contribution is -2.18. The second-order valence-corrected chi connectivity index (χ2v) is 22.7. The molecule has 4 aromatic carbocycles. The first-order chi connectivity index (χ1) is 24.7. The summed E-state index contributed by atoms with van der Waals surface area (Å²) in [6, 6.07) is 18.1. The first-order valence-corrected chi connectivity index (χ1v) is 20.4. The molecule has 3 N–H and O–H groups in total. The molecule has 0 atom stereocenters. The van der Waals surface area contributed by atoms with E-state index in [4.69, 9.17) is 0 Å². The van der Waals surface area contributed by atoms with Crippen LogP contribution in [0.1, 0.15) is 197 Å². The SMILES string of the molecule is Cc1c(Cc2cc(C(C)(C)C)c(O)c(C(C)(C)C)c2)cc(Cc2cc(C(C)(C)C)c(O)c(C(C)(C)C)c2)cc1Cc1cc(C(C)(C)C)c(O)c(C(C)(C)C)c1. The zero-order chi connectivity index (χ0) is 42.0. The van der Waals surface area contributed by atoms with Gasteiger partial charge in [0.05, 0.1) is 0 Å². The van der Waals surface area contributed by atoms with Gasteiger partial charge in [0.2, 0.25) is 0 Å². The molecular weight excluding hydrogens is 673 g/mol. The quantitative estimate of drug-likeness (QED) is 0.184. The van der Waals surface area contributed by atoms with Gasteiger partial charge in [0, 0.05) is 0 Å². The molecule has 3 heteroatoms. The second-order valence-electron chi connectivity index (χ2n) is 22.7. The molecule has 0 aromatic heterocycles. The largest absolute Gasteiger partial charge is 0.507 e. The molecule has 4 rings (SSSR count). The highest BCUT2D eigenvalue weighted by molar-refractivity contribution is 5.55. The van der Waals surface area contributed by atoms with Gasteiger partial charge >= 0.3 is 0 Å². The Labute approximate surface area is 335 Å². The molecular formula is C52H74O3. The number of hydrogen-bond donors (Lipinski definition) is 3. The van der Waals surface area contributed by atoms with Gasteiger partial charge in [0.15, 0.2) is 0 Å². The van der Waals surface area contributed by atoms with Crippen LogP contribution in [-0.4, -0.2) is 15.3 Å². The summed E-state index contributed by atoms with van der Waals surface area (Å²) in [5, 5.41) is 34.6. The molecule has 0 aliphatic heterocycles. The van der Waals surface area contributed by atoms with Crippen molar-refractivity contribution in [1.29, 1.82) is 0 Å². The summed E-state index contributed by atoms with van der Waals surface area (Å²) < 4.78 is 0. The van der Waals surface area contributed by atoms with Gasteiger partial charge in [-0.05, 0) is 131 Å². The Morgan fingerprint density at radius 2 is 0.491 bits per heavy atom. The van der Waals surface area contributed by atoms with Crippen LogP contribution in [0, 0.1) is 6.92 Å². The maximum atomic E-state index is 11.5. The molecule has 3 nitrogen and oxygen atoms in total. The van der Waals surface area contributed by atoms with Gasteiger partial charge in [-0.2, -0.15) is 0 Å². The average molecular weight is 747 g/mol. The summed E-state index contributed by atoms with van der Waals surface area (Å²) in [6.45, 7) is 41.4. The van der Waals surface area contributed by atoms with Crippen molar-refractivity contribution in [3.63, 3.8) is 0 Å². The van der Waals surface area contributed by atoms with Crippen molar-refractivity contribution in [2.75, 3.05) is 0 Å². The molecule has 4 aromatic rings. The molecule has 0 unspecified atom stereocenters. The molecule has 0 aliphatic rings. The minimum Gasteiger partial charge on any atom is -0.507 e. The smallest absolute Gasteiger partial charge is 0.123 e. The first-order valence-electron chi connectivity index (χ1n) is 20.4. The summed E-state index contributed by atoms with van der Waals surface area (Å²) in [6.07, 6.45) is 2.22. The van der Waals surface area contributed by atoms with Crippen LogP contribution in [0.15, 0.2) is 48.5 Å². The molecule has 0 spiro atoms. The molecule has 0 saturated heterocycles. The number of hydrogen-bond acceptors (Lipinski definition) is 3. The summed E-state index contributed by atoms with van der Waals surface area (Å²) in [5.74, 6) is 1.22. The lowest BCUT2D eigenvalue weighted by molar-refractivity contribution is 0.422. The highest BCUT2D eigenvalue weighted by Gasteiger charge is 2.30. The summed E-state index contributed by atoms with van der Waals surface area (Å²) in [7, 11) is 0. The Morgan fingerprint density at radius 3 is 0.691 bits per heavy atom. The van der Waals surface area contributed by atoms with Crippen LogP contribution in [0.3, 0.4) is 0 Å². The van der Waals surface area contributed by atoms with Crippen molar-refractivity contribution < 1.29 is 15.3 Å². The van der Waals surface area contributed by atoms with E-state index in [-0.39, 0.29) is 32.5 Å². The van der Waals surface area contributed by atoms with E-state index in [2.05, 4.69) is 180 Å². The van der Waals surface area contributed by atoms with Crippen LogP contribution in [0.4, 0.5) is 0 Å². The third kappa shape index (κ3) is 10.00. The molecule has 55 heavy (non-hydrogen) atoms. The van der Waals surface area contributed by atoms with E-state index in [1.165, 1.54) is 38.9 Å². The third-order valence-electron chi connectivity index (χ3n) is 11.2.